The Morgan fingerprint density at radius 1 is 1.06 bits per heavy atom. The van der Waals surface area contributed by atoms with Crippen molar-refractivity contribution >= 4 is 29.0 Å². The number of benzene rings is 2. The molecule has 0 saturated heterocycles. The molecule has 0 saturated carbocycles. The van der Waals surface area contributed by atoms with Crippen LogP contribution in [0.2, 0.25) is 0 Å². The van der Waals surface area contributed by atoms with Gasteiger partial charge < -0.3 is 24.8 Å². The number of hydrogen-bond acceptors (Lipinski definition) is 8. The summed E-state index contributed by atoms with van der Waals surface area (Å²) < 4.78 is 17.6. The van der Waals surface area contributed by atoms with Crippen molar-refractivity contribution in [3.8, 4) is 5.75 Å². The Morgan fingerprint density at radius 2 is 1.83 bits per heavy atom. The lowest BCUT2D eigenvalue weighted by molar-refractivity contribution is -0.139. The van der Waals surface area contributed by atoms with Crippen molar-refractivity contribution in [2.24, 2.45) is 0 Å². The first-order valence-corrected chi connectivity index (χ1v) is 11.1. The van der Waals surface area contributed by atoms with Gasteiger partial charge in [0.1, 0.15) is 17.9 Å². The topological polar surface area (TPSA) is 134 Å². The van der Waals surface area contributed by atoms with E-state index in [1.807, 2.05) is 6.92 Å². The van der Waals surface area contributed by atoms with Crippen LogP contribution in [0.25, 0.3) is 11.0 Å². The number of rotatable bonds is 8. The largest absolute Gasteiger partial charge is 0.497 e. The number of aryl methyl sites for hydroxylation is 1. The molecule has 11 nitrogen and oxygen atoms in total. The minimum absolute atomic E-state index is 0.136. The van der Waals surface area contributed by atoms with Crippen LogP contribution in [-0.4, -0.2) is 53.3 Å². The molecule has 1 aliphatic heterocycles. The molecular formula is C24H25N5O6. The van der Waals surface area contributed by atoms with E-state index < -0.39 is 24.0 Å². The summed E-state index contributed by atoms with van der Waals surface area (Å²) in [5, 5.41) is 13.4. The molecule has 1 aromatic heterocycles. The van der Waals surface area contributed by atoms with E-state index in [9.17, 15) is 14.4 Å². The molecule has 182 valence electrons. The summed E-state index contributed by atoms with van der Waals surface area (Å²) >= 11 is 0. The second-order valence-electron chi connectivity index (χ2n) is 7.60. The van der Waals surface area contributed by atoms with Gasteiger partial charge in [-0.2, -0.15) is 0 Å². The van der Waals surface area contributed by atoms with Gasteiger partial charge in [0.05, 0.1) is 42.1 Å². The zero-order chi connectivity index (χ0) is 24.9. The maximum absolute atomic E-state index is 12.9. The van der Waals surface area contributed by atoms with E-state index in [4.69, 9.17) is 14.2 Å². The molecular weight excluding hydrogens is 454 g/mol. The van der Waals surface area contributed by atoms with Crippen LogP contribution in [0.4, 0.5) is 4.79 Å². The molecule has 2 aromatic carbocycles. The standard InChI is InChI=1S/C24H25N5O6/c1-4-29-19-11-8-15(12-17(19)27-28-29)22(30)35-13-18-20(23(31)34-5-2)21(26-24(32)25-18)14-6-9-16(33-3)10-7-14/h6-12,21H,4-5,13H2,1-3H3,(H2,25,26,32)/t21-/m0/s1. The first-order chi connectivity index (χ1) is 16.9. The van der Waals surface area contributed by atoms with E-state index in [-0.39, 0.29) is 30.0 Å². The Balaban J connectivity index is 1.61. The molecule has 1 aliphatic rings. The molecule has 35 heavy (non-hydrogen) atoms. The number of carbonyl (C=O) groups excluding carboxylic acids is 3. The molecule has 1 atom stereocenters. The van der Waals surface area contributed by atoms with Gasteiger partial charge in [0.15, 0.2) is 0 Å². The zero-order valence-corrected chi connectivity index (χ0v) is 19.5. The van der Waals surface area contributed by atoms with Gasteiger partial charge in [-0.15, -0.1) is 5.10 Å². The molecule has 0 bridgehead atoms. The molecule has 2 heterocycles. The summed E-state index contributed by atoms with van der Waals surface area (Å²) in [4.78, 5) is 38.0. The number of ether oxygens (including phenoxy) is 3. The van der Waals surface area contributed by atoms with Gasteiger partial charge >= 0.3 is 18.0 Å². The highest BCUT2D eigenvalue weighted by molar-refractivity contribution is 5.96. The van der Waals surface area contributed by atoms with Crippen LogP contribution in [0.1, 0.15) is 35.8 Å². The van der Waals surface area contributed by atoms with Crippen LogP contribution in [0.5, 0.6) is 5.75 Å². The zero-order valence-electron chi connectivity index (χ0n) is 19.5. The molecule has 0 radical (unpaired) electrons. The van der Waals surface area contributed by atoms with Crippen molar-refractivity contribution in [3.05, 3.63) is 64.9 Å². The number of esters is 2. The predicted molar refractivity (Wildman–Crippen MR) is 125 cm³/mol. The van der Waals surface area contributed by atoms with Crippen LogP contribution in [0, 0.1) is 0 Å². The summed E-state index contributed by atoms with van der Waals surface area (Å²) in [7, 11) is 1.54. The van der Waals surface area contributed by atoms with Crippen molar-refractivity contribution < 1.29 is 28.6 Å². The Morgan fingerprint density at radius 3 is 2.51 bits per heavy atom. The summed E-state index contributed by atoms with van der Waals surface area (Å²) in [6, 6.07) is 10.5. The van der Waals surface area contributed by atoms with Gasteiger partial charge in [0.2, 0.25) is 0 Å². The number of amides is 2. The SMILES string of the molecule is CCOC(=O)C1=C(COC(=O)c2ccc3c(c2)nnn3CC)NC(=O)N[C@H]1c1ccc(OC)cc1. The summed E-state index contributed by atoms with van der Waals surface area (Å²) in [6.45, 7) is 4.07. The molecule has 3 aromatic rings. The van der Waals surface area contributed by atoms with Crippen LogP contribution in [0.15, 0.2) is 53.7 Å². The Hall–Kier alpha value is -4.41. The second kappa shape index (κ2) is 10.2. The van der Waals surface area contributed by atoms with E-state index in [2.05, 4.69) is 20.9 Å². The van der Waals surface area contributed by atoms with Gasteiger partial charge in [0.25, 0.3) is 0 Å². The normalized spacial score (nSPS) is 15.4. The summed E-state index contributed by atoms with van der Waals surface area (Å²) in [6.07, 6.45) is 0. The smallest absolute Gasteiger partial charge is 0.338 e. The fraction of sp³-hybridized carbons (Fsp3) is 0.292. The number of methoxy groups -OCH3 is 1. The summed E-state index contributed by atoms with van der Waals surface area (Å²) in [5.74, 6) is -0.646. The number of carbonyl (C=O) groups is 3. The van der Waals surface area contributed by atoms with Crippen molar-refractivity contribution in [1.29, 1.82) is 0 Å². The van der Waals surface area contributed by atoms with E-state index in [0.717, 1.165) is 5.52 Å². The number of hydrogen-bond donors (Lipinski definition) is 2. The quantitative estimate of drug-likeness (QED) is 0.471. The number of nitrogens with zero attached hydrogens (tertiary/aromatic N) is 3. The van der Waals surface area contributed by atoms with Crippen LogP contribution in [0.3, 0.4) is 0 Å². The third kappa shape index (κ3) is 4.93. The average molecular weight is 479 g/mol. The highest BCUT2D eigenvalue weighted by atomic mass is 16.5. The molecule has 0 spiro atoms. The van der Waals surface area contributed by atoms with Crippen LogP contribution >= 0.6 is 0 Å². The van der Waals surface area contributed by atoms with Gasteiger partial charge in [-0.25, -0.2) is 19.1 Å². The van der Waals surface area contributed by atoms with E-state index in [1.165, 1.54) is 0 Å². The highest BCUT2D eigenvalue weighted by Gasteiger charge is 2.34. The monoisotopic (exact) mass is 479 g/mol. The van der Waals surface area contributed by atoms with Crippen molar-refractivity contribution in [2.45, 2.75) is 26.4 Å². The van der Waals surface area contributed by atoms with E-state index in [0.29, 0.717) is 23.4 Å². The first-order valence-electron chi connectivity index (χ1n) is 11.1. The first kappa shape index (κ1) is 23.7. The number of urea groups is 1. The van der Waals surface area contributed by atoms with Gasteiger partial charge in [0, 0.05) is 6.54 Å². The van der Waals surface area contributed by atoms with Crippen molar-refractivity contribution in [2.75, 3.05) is 20.3 Å². The minimum atomic E-state index is -0.803. The molecule has 4 rings (SSSR count). The lowest BCUT2D eigenvalue weighted by atomic mass is 9.95. The molecule has 0 aliphatic carbocycles. The Bertz CT molecular complexity index is 1300. The molecule has 2 N–H and O–H groups in total. The maximum atomic E-state index is 12.9. The van der Waals surface area contributed by atoms with Crippen molar-refractivity contribution in [1.82, 2.24) is 25.6 Å². The maximum Gasteiger partial charge on any atom is 0.338 e. The van der Waals surface area contributed by atoms with Gasteiger partial charge in [-0.3, -0.25) is 0 Å². The van der Waals surface area contributed by atoms with Crippen LogP contribution in [-0.2, 0) is 20.8 Å². The Labute approximate surface area is 201 Å². The second-order valence-corrected chi connectivity index (χ2v) is 7.60. The molecule has 2 amide bonds. The molecule has 0 unspecified atom stereocenters. The number of fused-ring (bicyclic) bond motifs is 1. The predicted octanol–water partition coefficient (Wildman–Crippen LogP) is 2.49. The number of nitrogens with one attached hydrogen (secondary N) is 2. The molecule has 11 heteroatoms. The molecule has 0 fully saturated rings. The Kier molecular flexibility index (Phi) is 6.95. The third-order valence-corrected chi connectivity index (χ3v) is 5.49. The van der Waals surface area contributed by atoms with Crippen LogP contribution < -0.4 is 15.4 Å². The lowest BCUT2D eigenvalue weighted by Crippen LogP contribution is -2.47. The lowest BCUT2D eigenvalue weighted by Gasteiger charge is -2.29. The third-order valence-electron chi connectivity index (χ3n) is 5.49. The fourth-order valence-electron chi connectivity index (χ4n) is 3.78. The highest BCUT2D eigenvalue weighted by Crippen LogP contribution is 2.29. The number of aromatic nitrogens is 3. The van der Waals surface area contributed by atoms with Gasteiger partial charge in [-0.05, 0) is 49.7 Å². The van der Waals surface area contributed by atoms with E-state index >= 15 is 0 Å². The average Bonchev–Trinajstić information content (AvgIpc) is 3.29. The summed E-state index contributed by atoms with van der Waals surface area (Å²) in [5.41, 5.74) is 2.54. The van der Waals surface area contributed by atoms with Gasteiger partial charge in [-0.1, -0.05) is 17.3 Å². The minimum Gasteiger partial charge on any atom is -0.497 e. The van der Waals surface area contributed by atoms with Crippen molar-refractivity contribution in [3.63, 3.8) is 0 Å². The van der Waals surface area contributed by atoms with E-state index in [1.54, 1.807) is 61.2 Å². The fourth-order valence-corrected chi connectivity index (χ4v) is 3.78.